The lowest BCUT2D eigenvalue weighted by Gasteiger charge is -2.27. The first-order valence-electron chi connectivity index (χ1n) is 6.20. The Balaban J connectivity index is 2.49. The summed E-state index contributed by atoms with van der Waals surface area (Å²) < 4.78 is 0. The molecule has 1 atom stereocenters. The van der Waals surface area contributed by atoms with E-state index >= 15 is 0 Å². The first kappa shape index (κ1) is 14.6. The van der Waals surface area contributed by atoms with Gasteiger partial charge in [0.15, 0.2) is 0 Å². The third-order valence-electron chi connectivity index (χ3n) is 3.67. The van der Waals surface area contributed by atoms with Crippen LogP contribution in [0.2, 0.25) is 0 Å². The van der Waals surface area contributed by atoms with Crippen LogP contribution in [0.3, 0.4) is 0 Å². The van der Waals surface area contributed by atoms with Gasteiger partial charge < -0.3 is 5.32 Å². The summed E-state index contributed by atoms with van der Waals surface area (Å²) in [7, 11) is 0. The fourth-order valence-electron chi connectivity index (χ4n) is 2.54. The van der Waals surface area contributed by atoms with Gasteiger partial charge in [-0.2, -0.15) is 0 Å². The lowest BCUT2D eigenvalue weighted by molar-refractivity contribution is 0.432. The van der Waals surface area contributed by atoms with Crippen LogP contribution in [0, 0.1) is 0 Å². The van der Waals surface area contributed by atoms with E-state index in [0.717, 1.165) is 6.54 Å². The molecule has 0 radical (unpaired) electrons. The van der Waals surface area contributed by atoms with E-state index in [1.807, 2.05) is 35.3 Å². The summed E-state index contributed by atoms with van der Waals surface area (Å²) in [4.78, 5) is 4.26. The van der Waals surface area contributed by atoms with Gasteiger partial charge in [0.2, 0.25) is 0 Å². The van der Waals surface area contributed by atoms with E-state index in [1.165, 1.54) is 33.1 Å². The van der Waals surface area contributed by atoms with Gasteiger partial charge in [-0.05, 0) is 62.8 Å². The molecular weight excluding hydrogens is 278 g/mol. The quantitative estimate of drug-likeness (QED) is 0.824. The summed E-state index contributed by atoms with van der Waals surface area (Å²) >= 11 is 5.58. The normalized spacial score (nSPS) is 23.6. The van der Waals surface area contributed by atoms with Gasteiger partial charge in [-0.1, -0.05) is 0 Å². The van der Waals surface area contributed by atoms with Gasteiger partial charge >= 0.3 is 0 Å². The Morgan fingerprint density at radius 2 is 1.67 bits per heavy atom. The first-order chi connectivity index (χ1) is 8.64. The molecule has 1 aromatic rings. The first-order valence-corrected chi connectivity index (χ1v) is 9.87. The number of rotatable bonds is 4. The minimum atomic E-state index is 0.173. The lowest BCUT2D eigenvalue weighted by atomic mass is 9.91. The minimum absolute atomic E-state index is 0.173. The standard InChI is InChI=1S/C14H21NS3/c1-14(6-5-7-15-14)10-8-11(16-2)13(18-4)12(9-10)17-3/h8-9,15H,5-7H2,1-4H3. The van der Waals surface area contributed by atoms with Crippen molar-refractivity contribution in [2.24, 2.45) is 0 Å². The molecule has 2 rings (SSSR count). The number of hydrogen-bond acceptors (Lipinski definition) is 4. The summed E-state index contributed by atoms with van der Waals surface area (Å²) in [6, 6.07) is 4.77. The molecule has 1 nitrogen and oxygen atoms in total. The molecule has 1 unspecified atom stereocenters. The molecule has 1 aliphatic heterocycles. The van der Waals surface area contributed by atoms with Crippen LogP contribution in [0.1, 0.15) is 25.3 Å². The summed E-state index contributed by atoms with van der Waals surface area (Å²) in [6.07, 6.45) is 9.04. The highest BCUT2D eigenvalue weighted by molar-refractivity contribution is 8.03. The van der Waals surface area contributed by atoms with Gasteiger partial charge in [0.1, 0.15) is 0 Å². The minimum Gasteiger partial charge on any atom is -0.308 e. The van der Waals surface area contributed by atoms with Crippen LogP contribution in [0.5, 0.6) is 0 Å². The van der Waals surface area contributed by atoms with Gasteiger partial charge in [0, 0.05) is 20.2 Å². The fourth-order valence-corrected chi connectivity index (χ4v) is 5.21. The molecule has 4 heteroatoms. The highest BCUT2D eigenvalue weighted by atomic mass is 32.2. The van der Waals surface area contributed by atoms with Gasteiger partial charge in [-0.15, -0.1) is 35.3 Å². The second kappa shape index (κ2) is 6.12. The Kier molecular flexibility index (Phi) is 4.98. The Hall–Kier alpha value is 0.230. The van der Waals surface area contributed by atoms with E-state index in [2.05, 4.69) is 43.1 Å². The zero-order valence-corrected chi connectivity index (χ0v) is 14.0. The van der Waals surface area contributed by atoms with Crippen molar-refractivity contribution in [3.63, 3.8) is 0 Å². The molecule has 0 saturated carbocycles. The second-order valence-electron chi connectivity index (χ2n) is 4.78. The van der Waals surface area contributed by atoms with Crippen LogP contribution in [0.25, 0.3) is 0 Å². The van der Waals surface area contributed by atoms with Crippen molar-refractivity contribution in [3.05, 3.63) is 17.7 Å². The zero-order chi connectivity index (χ0) is 13.2. The third kappa shape index (κ3) is 2.72. The number of nitrogens with one attached hydrogen (secondary N) is 1. The molecule has 1 heterocycles. The molecule has 0 aromatic heterocycles. The van der Waals surface area contributed by atoms with Crippen LogP contribution in [0.4, 0.5) is 0 Å². The number of benzene rings is 1. The molecule has 1 fully saturated rings. The Morgan fingerprint density at radius 1 is 1.06 bits per heavy atom. The fraction of sp³-hybridized carbons (Fsp3) is 0.571. The van der Waals surface area contributed by atoms with E-state index < -0.39 is 0 Å². The largest absolute Gasteiger partial charge is 0.308 e. The molecule has 0 spiro atoms. The molecule has 1 N–H and O–H groups in total. The van der Waals surface area contributed by atoms with Crippen LogP contribution in [-0.2, 0) is 5.54 Å². The van der Waals surface area contributed by atoms with Crippen LogP contribution in [0.15, 0.2) is 26.8 Å². The van der Waals surface area contributed by atoms with Crippen LogP contribution < -0.4 is 5.32 Å². The van der Waals surface area contributed by atoms with Crippen LogP contribution >= 0.6 is 35.3 Å². The average Bonchev–Trinajstić information content (AvgIpc) is 2.85. The second-order valence-corrected chi connectivity index (χ2v) is 7.29. The van der Waals surface area contributed by atoms with Crippen molar-refractivity contribution in [1.82, 2.24) is 5.32 Å². The van der Waals surface area contributed by atoms with Gasteiger partial charge in [-0.25, -0.2) is 0 Å². The highest BCUT2D eigenvalue weighted by Crippen LogP contribution is 2.41. The van der Waals surface area contributed by atoms with E-state index in [1.54, 1.807) is 0 Å². The highest BCUT2D eigenvalue weighted by Gasteiger charge is 2.31. The maximum atomic E-state index is 3.66. The monoisotopic (exact) mass is 299 g/mol. The SMILES string of the molecule is CSc1cc(C2(C)CCCN2)cc(SC)c1SC. The predicted octanol–water partition coefficient (Wildman–Crippen LogP) is 4.45. The van der Waals surface area contributed by atoms with E-state index in [-0.39, 0.29) is 5.54 Å². The van der Waals surface area contributed by atoms with Crippen molar-refractivity contribution < 1.29 is 0 Å². The maximum Gasteiger partial charge on any atom is 0.0407 e. The molecule has 0 aliphatic carbocycles. The molecule has 100 valence electrons. The Labute approximate surface area is 123 Å². The van der Waals surface area contributed by atoms with E-state index in [9.17, 15) is 0 Å². The smallest absolute Gasteiger partial charge is 0.0407 e. The summed E-state index contributed by atoms with van der Waals surface area (Å²) in [5.74, 6) is 0. The molecule has 18 heavy (non-hydrogen) atoms. The lowest BCUT2D eigenvalue weighted by Crippen LogP contribution is -2.33. The van der Waals surface area contributed by atoms with Crippen LogP contribution in [-0.4, -0.2) is 25.3 Å². The Morgan fingerprint density at radius 3 is 2.06 bits per heavy atom. The molecule has 1 aliphatic rings. The van der Waals surface area contributed by atoms with Crippen molar-refractivity contribution in [2.45, 2.75) is 40.0 Å². The topological polar surface area (TPSA) is 12.0 Å². The number of hydrogen-bond donors (Lipinski definition) is 1. The third-order valence-corrected chi connectivity index (χ3v) is 6.30. The van der Waals surface area contributed by atoms with Crippen molar-refractivity contribution >= 4 is 35.3 Å². The predicted molar refractivity (Wildman–Crippen MR) is 86.4 cm³/mol. The van der Waals surface area contributed by atoms with Gasteiger partial charge in [0.25, 0.3) is 0 Å². The molecule has 0 bridgehead atoms. The molecular formula is C14H21NS3. The summed E-state index contributed by atoms with van der Waals surface area (Å²) in [5, 5.41) is 3.66. The maximum absolute atomic E-state index is 3.66. The van der Waals surface area contributed by atoms with Gasteiger partial charge in [0.05, 0.1) is 0 Å². The van der Waals surface area contributed by atoms with Crippen molar-refractivity contribution in [1.29, 1.82) is 0 Å². The molecule has 0 amide bonds. The van der Waals surface area contributed by atoms with Crippen molar-refractivity contribution in [2.75, 3.05) is 25.3 Å². The summed E-state index contributed by atoms with van der Waals surface area (Å²) in [6.45, 7) is 3.48. The van der Waals surface area contributed by atoms with E-state index in [0.29, 0.717) is 0 Å². The molecule has 1 saturated heterocycles. The van der Waals surface area contributed by atoms with Gasteiger partial charge in [-0.3, -0.25) is 0 Å². The number of thioether (sulfide) groups is 3. The van der Waals surface area contributed by atoms with Crippen molar-refractivity contribution in [3.8, 4) is 0 Å². The van der Waals surface area contributed by atoms with E-state index in [4.69, 9.17) is 0 Å². The Bertz CT molecular complexity index is 400. The summed E-state index contributed by atoms with van der Waals surface area (Å²) in [5.41, 5.74) is 1.62. The zero-order valence-electron chi connectivity index (χ0n) is 11.5. The average molecular weight is 300 g/mol. The molecule has 1 aromatic carbocycles.